The Hall–Kier alpha value is -3.08. The molecule has 0 aliphatic rings. The number of hydrogen-bond donors (Lipinski definition) is 1. The number of ether oxygens (including phenoxy) is 1. The first-order valence-electron chi connectivity index (χ1n) is 8.50. The van der Waals surface area contributed by atoms with Gasteiger partial charge in [0.05, 0.1) is 5.56 Å². The van der Waals surface area contributed by atoms with E-state index in [1.807, 2.05) is 67.9 Å². The molecule has 3 aromatic rings. The van der Waals surface area contributed by atoms with Gasteiger partial charge in [-0.3, -0.25) is 4.79 Å². The summed E-state index contributed by atoms with van der Waals surface area (Å²) in [5.41, 5.74) is 4.19. The monoisotopic (exact) mass is 350 g/mol. The Bertz CT molecular complexity index is 988. The molecule has 26 heavy (non-hydrogen) atoms. The second kappa shape index (κ2) is 7.04. The van der Waals surface area contributed by atoms with Gasteiger partial charge >= 0.3 is 5.97 Å². The summed E-state index contributed by atoms with van der Waals surface area (Å²) >= 11 is 0. The van der Waals surface area contributed by atoms with Gasteiger partial charge in [-0.2, -0.15) is 0 Å². The summed E-state index contributed by atoms with van der Waals surface area (Å²) in [6.07, 6.45) is 0.823. The Kier molecular flexibility index (Phi) is 4.80. The van der Waals surface area contributed by atoms with Crippen molar-refractivity contribution in [2.75, 3.05) is 5.32 Å². The summed E-state index contributed by atoms with van der Waals surface area (Å²) in [4.78, 5) is 24.9. The lowest BCUT2D eigenvalue weighted by molar-refractivity contribution is -0.123. The zero-order chi connectivity index (χ0) is 18.8. The molecule has 0 aliphatic heterocycles. The SMILES string of the molecule is Cc1ccc(NC(=O)C(C)OC(=O)c2cn(C)c3ccccc23)c(C)c1. The van der Waals surface area contributed by atoms with Crippen molar-refractivity contribution in [1.82, 2.24) is 4.57 Å². The molecule has 134 valence electrons. The lowest BCUT2D eigenvalue weighted by atomic mass is 10.1. The van der Waals surface area contributed by atoms with E-state index < -0.39 is 12.1 Å². The zero-order valence-corrected chi connectivity index (χ0v) is 15.4. The summed E-state index contributed by atoms with van der Waals surface area (Å²) in [7, 11) is 1.87. The number of aromatic nitrogens is 1. The highest BCUT2D eigenvalue weighted by Crippen LogP contribution is 2.22. The van der Waals surface area contributed by atoms with Crippen LogP contribution in [0.5, 0.6) is 0 Å². The van der Waals surface area contributed by atoms with Gasteiger partial charge in [0.1, 0.15) is 0 Å². The maximum atomic E-state index is 12.5. The number of esters is 1. The molecule has 1 unspecified atom stereocenters. The predicted octanol–water partition coefficient (Wildman–Crippen LogP) is 3.98. The van der Waals surface area contributed by atoms with Crippen molar-refractivity contribution >= 4 is 28.5 Å². The number of amides is 1. The van der Waals surface area contributed by atoms with Crippen molar-refractivity contribution < 1.29 is 14.3 Å². The van der Waals surface area contributed by atoms with Gasteiger partial charge in [0.25, 0.3) is 5.91 Å². The molecule has 0 fully saturated rings. The second-order valence-electron chi connectivity index (χ2n) is 6.53. The number of carbonyl (C=O) groups excluding carboxylic acids is 2. The van der Waals surface area contributed by atoms with E-state index in [9.17, 15) is 9.59 Å². The van der Waals surface area contributed by atoms with Crippen molar-refractivity contribution in [3.05, 3.63) is 65.4 Å². The number of fused-ring (bicyclic) bond motifs is 1. The smallest absolute Gasteiger partial charge is 0.341 e. The Morgan fingerprint density at radius 1 is 1.12 bits per heavy atom. The third-order valence-corrected chi connectivity index (χ3v) is 4.41. The third kappa shape index (κ3) is 3.47. The van der Waals surface area contributed by atoms with E-state index in [0.717, 1.165) is 22.0 Å². The molecule has 5 heteroatoms. The van der Waals surface area contributed by atoms with Gasteiger partial charge < -0.3 is 14.6 Å². The Labute approximate surface area is 152 Å². The molecule has 1 atom stereocenters. The minimum Gasteiger partial charge on any atom is -0.449 e. The summed E-state index contributed by atoms with van der Waals surface area (Å²) in [6.45, 7) is 5.49. The molecule has 3 rings (SSSR count). The van der Waals surface area contributed by atoms with Crippen molar-refractivity contribution in [1.29, 1.82) is 0 Å². The molecule has 1 aromatic heterocycles. The van der Waals surface area contributed by atoms with E-state index in [4.69, 9.17) is 4.74 Å². The fourth-order valence-electron chi connectivity index (χ4n) is 2.97. The van der Waals surface area contributed by atoms with Gasteiger partial charge in [-0.15, -0.1) is 0 Å². The Balaban J connectivity index is 1.73. The number of rotatable bonds is 4. The Morgan fingerprint density at radius 2 is 1.85 bits per heavy atom. The van der Waals surface area contributed by atoms with Crippen LogP contribution in [-0.2, 0) is 16.6 Å². The number of benzene rings is 2. The molecule has 0 saturated carbocycles. The van der Waals surface area contributed by atoms with Gasteiger partial charge in [-0.25, -0.2) is 4.79 Å². The number of anilines is 1. The van der Waals surface area contributed by atoms with Crippen LogP contribution in [0, 0.1) is 13.8 Å². The van der Waals surface area contributed by atoms with Gasteiger partial charge in [0, 0.05) is 29.8 Å². The molecule has 1 N–H and O–H groups in total. The van der Waals surface area contributed by atoms with Crippen LogP contribution in [0.4, 0.5) is 5.69 Å². The largest absolute Gasteiger partial charge is 0.449 e. The second-order valence-corrected chi connectivity index (χ2v) is 6.53. The molecule has 0 saturated heterocycles. The van der Waals surface area contributed by atoms with E-state index >= 15 is 0 Å². The number of nitrogens with zero attached hydrogens (tertiary/aromatic N) is 1. The lowest BCUT2D eigenvalue weighted by Crippen LogP contribution is -2.30. The van der Waals surface area contributed by atoms with Crippen LogP contribution < -0.4 is 5.32 Å². The molecular formula is C21H22N2O3. The Morgan fingerprint density at radius 3 is 2.58 bits per heavy atom. The number of para-hydroxylation sites is 1. The average Bonchev–Trinajstić information content (AvgIpc) is 2.94. The van der Waals surface area contributed by atoms with Crippen LogP contribution in [0.3, 0.4) is 0 Å². The molecule has 1 amide bonds. The number of hydrogen-bond acceptors (Lipinski definition) is 3. The number of nitrogens with one attached hydrogen (secondary N) is 1. The normalized spacial score (nSPS) is 12.0. The summed E-state index contributed by atoms with van der Waals surface area (Å²) in [5.74, 6) is -0.865. The molecule has 2 aromatic carbocycles. The van der Waals surface area contributed by atoms with Crippen molar-refractivity contribution in [2.45, 2.75) is 26.9 Å². The fourth-order valence-corrected chi connectivity index (χ4v) is 2.97. The van der Waals surface area contributed by atoms with Gasteiger partial charge in [0.2, 0.25) is 0 Å². The first-order chi connectivity index (χ1) is 12.4. The predicted molar refractivity (Wildman–Crippen MR) is 102 cm³/mol. The summed E-state index contributed by atoms with van der Waals surface area (Å²) in [5, 5.41) is 3.62. The highest BCUT2D eigenvalue weighted by atomic mass is 16.5. The molecule has 5 nitrogen and oxygen atoms in total. The summed E-state index contributed by atoms with van der Waals surface area (Å²) < 4.78 is 7.26. The molecule has 0 spiro atoms. The average molecular weight is 350 g/mol. The lowest BCUT2D eigenvalue weighted by Gasteiger charge is -2.15. The summed E-state index contributed by atoms with van der Waals surface area (Å²) in [6, 6.07) is 13.3. The van der Waals surface area contributed by atoms with Crippen molar-refractivity contribution in [3.8, 4) is 0 Å². The number of carbonyl (C=O) groups is 2. The van der Waals surface area contributed by atoms with Crippen LogP contribution in [0.2, 0.25) is 0 Å². The minimum atomic E-state index is -0.901. The van der Waals surface area contributed by atoms with E-state index in [2.05, 4.69) is 5.32 Å². The van der Waals surface area contributed by atoms with Crippen LogP contribution in [-0.4, -0.2) is 22.5 Å². The first kappa shape index (κ1) is 17.7. The molecule has 0 radical (unpaired) electrons. The van der Waals surface area contributed by atoms with Crippen LogP contribution in [0.1, 0.15) is 28.4 Å². The molecule has 0 bridgehead atoms. The third-order valence-electron chi connectivity index (χ3n) is 4.41. The molecule has 0 aliphatic carbocycles. The molecular weight excluding hydrogens is 328 g/mol. The van der Waals surface area contributed by atoms with Gasteiger partial charge in [-0.1, -0.05) is 35.9 Å². The zero-order valence-electron chi connectivity index (χ0n) is 15.4. The minimum absolute atomic E-state index is 0.356. The quantitative estimate of drug-likeness (QED) is 0.724. The van der Waals surface area contributed by atoms with Crippen molar-refractivity contribution in [3.63, 3.8) is 0 Å². The maximum absolute atomic E-state index is 12.5. The van der Waals surface area contributed by atoms with E-state index in [0.29, 0.717) is 11.3 Å². The van der Waals surface area contributed by atoms with Crippen molar-refractivity contribution in [2.24, 2.45) is 7.05 Å². The highest BCUT2D eigenvalue weighted by Gasteiger charge is 2.22. The van der Waals surface area contributed by atoms with Crippen LogP contribution in [0.15, 0.2) is 48.7 Å². The van der Waals surface area contributed by atoms with E-state index in [1.165, 1.54) is 0 Å². The number of aryl methyl sites for hydroxylation is 3. The topological polar surface area (TPSA) is 60.3 Å². The standard InChI is InChI=1S/C21H22N2O3/c1-13-9-10-18(14(2)11-13)22-20(24)15(3)26-21(25)17-12-23(4)19-8-6-5-7-16(17)19/h5-12,15H,1-4H3,(H,22,24). The van der Waals surface area contributed by atoms with Gasteiger partial charge in [0.15, 0.2) is 6.10 Å². The first-order valence-corrected chi connectivity index (χ1v) is 8.50. The molecule has 1 heterocycles. The van der Waals surface area contributed by atoms with E-state index in [1.54, 1.807) is 13.1 Å². The van der Waals surface area contributed by atoms with Crippen LogP contribution in [0.25, 0.3) is 10.9 Å². The van der Waals surface area contributed by atoms with Gasteiger partial charge in [-0.05, 0) is 38.5 Å². The van der Waals surface area contributed by atoms with E-state index in [-0.39, 0.29) is 5.91 Å². The maximum Gasteiger partial charge on any atom is 0.341 e. The van der Waals surface area contributed by atoms with Crippen LogP contribution >= 0.6 is 0 Å². The highest BCUT2D eigenvalue weighted by molar-refractivity contribution is 6.05. The fraction of sp³-hybridized carbons (Fsp3) is 0.238.